The summed E-state index contributed by atoms with van der Waals surface area (Å²) in [7, 11) is 0. The van der Waals surface area contributed by atoms with Crippen LogP contribution in [0.1, 0.15) is 30.0 Å². The zero-order chi connectivity index (χ0) is 19.7. The highest BCUT2D eigenvalue weighted by atomic mass is 16.5. The van der Waals surface area contributed by atoms with Gasteiger partial charge in [0.05, 0.1) is 13.0 Å². The molecule has 0 aromatic heterocycles. The number of hydrogen-bond acceptors (Lipinski definition) is 5. The third-order valence-electron chi connectivity index (χ3n) is 3.45. The topological polar surface area (TPSA) is 114 Å². The van der Waals surface area contributed by atoms with Crippen molar-refractivity contribution in [3.8, 4) is 0 Å². The van der Waals surface area contributed by atoms with Crippen LogP contribution in [-0.4, -0.2) is 43.4 Å². The smallest absolute Gasteiger partial charge is 0.308 e. The van der Waals surface area contributed by atoms with Gasteiger partial charge in [-0.25, -0.2) is 0 Å². The quantitative estimate of drug-likeness (QED) is 0.590. The van der Waals surface area contributed by atoms with E-state index in [1.54, 1.807) is 0 Å². The van der Waals surface area contributed by atoms with E-state index in [0.717, 1.165) is 22.4 Å². The largest absolute Gasteiger partial charge is 0.456 e. The summed E-state index contributed by atoms with van der Waals surface area (Å²) in [6, 6.07) is 3.92. The molecule has 0 aliphatic carbocycles. The molecule has 8 nitrogen and oxygen atoms in total. The molecular formula is C18H25N3O5. The minimum atomic E-state index is -0.607. The van der Waals surface area contributed by atoms with E-state index in [-0.39, 0.29) is 31.3 Å². The number of ether oxygens (including phenoxy) is 1. The van der Waals surface area contributed by atoms with E-state index in [1.807, 2.05) is 32.9 Å². The Bertz CT molecular complexity index is 677. The van der Waals surface area contributed by atoms with E-state index < -0.39 is 18.5 Å². The second kappa shape index (κ2) is 10.2. The van der Waals surface area contributed by atoms with Crippen LogP contribution < -0.4 is 16.0 Å². The molecule has 0 aliphatic heterocycles. The lowest BCUT2D eigenvalue weighted by molar-refractivity contribution is -0.148. The number of carbonyl (C=O) groups excluding carboxylic acids is 4. The van der Waals surface area contributed by atoms with Crippen LogP contribution in [0.4, 0.5) is 5.69 Å². The monoisotopic (exact) mass is 363 g/mol. The first-order valence-electron chi connectivity index (χ1n) is 8.23. The van der Waals surface area contributed by atoms with Crippen LogP contribution in [0.15, 0.2) is 12.1 Å². The molecule has 0 aliphatic rings. The summed E-state index contributed by atoms with van der Waals surface area (Å²) in [6.45, 7) is 6.55. The minimum absolute atomic E-state index is 0.0284. The van der Waals surface area contributed by atoms with Gasteiger partial charge in [0.15, 0.2) is 6.61 Å². The van der Waals surface area contributed by atoms with Gasteiger partial charge in [-0.15, -0.1) is 0 Å². The van der Waals surface area contributed by atoms with Gasteiger partial charge in [0.25, 0.3) is 5.91 Å². The van der Waals surface area contributed by atoms with Crippen LogP contribution in [0.5, 0.6) is 0 Å². The molecule has 3 N–H and O–H groups in total. The number of amides is 3. The SMILES string of the molecule is CC(=O)NCCC(=O)OCC(=O)NCC(=O)Nc1c(C)cc(C)cc1C. The maximum atomic E-state index is 12.0. The predicted octanol–water partition coefficient (Wildman–Crippen LogP) is 0.736. The van der Waals surface area contributed by atoms with Gasteiger partial charge < -0.3 is 20.7 Å². The third-order valence-corrected chi connectivity index (χ3v) is 3.45. The Hall–Kier alpha value is -2.90. The Morgan fingerprint density at radius 3 is 2.15 bits per heavy atom. The molecule has 8 heteroatoms. The fourth-order valence-corrected chi connectivity index (χ4v) is 2.35. The van der Waals surface area contributed by atoms with Crippen molar-refractivity contribution >= 4 is 29.4 Å². The molecule has 0 radical (unpaired) electrons. The maximum Gasteiger partial charge on any atom is 0.308 e. The lowest BCUT2D eigenvalue weighted by Gasteiger charge is -2.13. The first-order valence-corrected chi connectivity index (χ1v) is 8.23. The third kappa shape index (κ3) is 7.78. The van der Waals surface area contributed by atoms with Gasteiger partial charge >= 0.3 is 5.97 Å². The van der Waals surface area contributed by atoms with Crippen molar-refractivity contribution in [2.45, 2.75) is 34.1 Å². The molecule has 142 valence electrons. The lowest BCUT2D eigenvalue weighted by Crippen LogP contribution is -2.36. The van der Waals surface area contributed by atoms with Gasteiger partial charge in [-0.2, -0.15) is 0 Å². The predicted molar refractivity (Wildman–Crippen MR) is 96.6 cm³/mol. The number of hydrogen-bond donors (Lipinski definition) is 3. The van der Waals surface area contributed by atoms with Crippen LogP contribution in [0.3, 0.4) is 0 Å². The minimum Gasteiger partial charge on any atom is -0.456 e. The Kier molecular flexibility index (Phi) is 8.27. The Labute approximate surface area is 152 Å². The van der Waals surface area contributed by atoms with Crippen LogP contribution in [-0.2, 0) is 23.9 Å². The van der Waals surface area contributed by atoms with Gasteiger partial charge in [-0.05, 0) is 31.9 Å². The highest BCUT2D eigenvalue weighted by molar-refractivity contribution is 5.96. The van der Waals surface area contributed by atoms with E-state index in [0.29, 0.717) is 0 Å². The van der Waals surface area contributed by atoms with Crippen molar-refractivity contribution in [3.63, 3.8) is 0 Å². The Morgan fingerprint density at radius 1 is 0.962 bits per heavy atom. The number of benzene rings is 1. The normalized spacial score (nSPS) is 10.0. The number of rotatable bonds is 8. The van der Waals surface area contributed by atoms with Crippen molar-refractivity contribution in [2.75, 3.05) is 25.0 Å². The van der Waals surface area contributed by atoms with E-state index in [9.17, 15) is 19.2 Å². The summed E-state index contributed by atoms with van der Waals surface area (Å²) in [5.74, 6) is -1.80. The highest BCUT2D eigenvalue weighted by Gasteiger charge is 2.11. The second-order valence-electron chi connectivity index (χ2n) is 5.99. The molecule has 1 rings (SSSR count). The molecule has 1 aromatic carbocycles. The lowest BCUT2D eigenvalue weighted by atomic mass is 10.1. The van der Waals surface area contributed by atoms with Crippen molar-refractivity contribution in [3.05, 3.63) is 28.8 Å². The first kappa shape index (κ1) is 21.1. The van der Waals surface area contributed by atoms with Gasteiger partial charge in [0, 0.05) is 19.2 Å². The van der Waals surface area contributed by atoms with Gasteiger partial charge in [-0.1, -0.05) is 17.7 Å². The summed E-state index contributed by atoms with van der Waals surface area (Å²) in [6.07, 6.45) is -0.0284. The summed E-state index contributed by atoms with van der Waals surface area (Å²) < 4.78 is 4.75. The van der Waals surface area contributed by atoms with Crippen LogP contribution in [0, 0.1) is 20.8 Å². The zero-order valence-electron chi connectivity index (χ0n) is 15.5. The van der Waals surface area contributed by atoms with Crippen molar-refractivity contribution in [1.29, 1.82) is 0 Å². The van der Waals surface area contributed by atoms with Crippen LogP contribution in [0.2, 0.25) is 0 Å². The first-order chi connectivity index (χ1) is 12.2. The molecule has 26 heavy (non-hydrogen) atoms. The Balaban J connectivity index is 2.33. The Morgan fingerprint density at radius 2 is 1.58 bits per heavy atom. The molecule has 0 saturated heterocycles. The van der Waals surface area contributed by atoms with E-state index in [1.165, 1.54) is 6.92 Å². The fraction of sp³-hybridized carbons (Fsp3) is 0.444. The molecule has 0 unspecified atom stereocenters. The highest BCUT2D eigenvalue weighted by Crippen LogP contribution is 2.21. The average Bonchev–Trinajstić information content (AvgIpc) is 2.54. The zero-order valence-corrected chi connectivity index (χ0v) is 15.5. The van der Waals surface area contributed by atoms with Crippen molar-refractivity contribution in [2.24, 2.45) is 0 Å². The number of esters is 1. The second-order valence-corrected chi connectivity index (χ2v) is 5.99. The molecule has 0 saturated carbocycles. The maximum absolute atomic E-state index is 12.0. The summed E-state index contributed by atoms with van der Waals surface area (Å²) >= 11 is 0. The van der Waals surface area contributed by atoms with E-state index in [4.69, 9.17) is 4.74 Å². The van der Waals surface area contributed by atoms with Crippen LogP contribution >= 0.6 is 0 Å². The average molecular weight is 363 g/mol. The summed E-state index contributed by atoms with van der Waals surface area (Å²) in [5.41, 5.74) is 3.71. The molecule has 0 heterocycles. The van der Waals surface area contributed by atoms with Crippen molar-refractivity contribution < 1.29 is 23.9 Å². The molecule has 1 aromatic rings. The van der Waals surface area contributed by atoms with Gasteiger partial charge in [0.1, 0.15) is 0 Å². The number of carbonyl (C=O) groups is 4. The van der Waals surface area contributed by atoms with Crippen LogP contribution in [0.25, 0.3) is 0 Å². The summed E-state index contributed by atoms with van der Waals surface area (Å²) in [4.78, 5) is 45.6. The molecule has 3 amide bonds. The molecule has 0 spiro atoms. The molecule has 0 bridgehead atoms. The number of nitrogens with one attached hydrogen (secondary N) is 3. The van der Waals surface area contributed by atoms with Gasteiger partial charge in [-0.3, -0.25) is 19.2 Å². The molecular weight excluding hydrogens is 338 g/mol. The number of anilines is 1. The molecule has 0 fully saturated rings. The van der Waals surface area contributed by atoms with Gasteiger partial charge in [0.2, 0.25) is 11.8 Å². The molecule has 0 atom stereocenters. The summed E-state index contributed by atoms with van der Waals surface area (Å²) in [5, 5.41) is 7.59. The van der Waals surface area contributed by atoms with Crippen molar-refractivity contribution in [1.82, 2.24) is 10.6 Å². The number of aryl methyl sites for hydroxylation is 3. The standard InChI is InChI=1S/C18H25N3O5/c1-11-7-12(2)18(13(3)8-11)21-15(23)9-20-16(24)10-26-17(25)5-6-19-14(4)22/h7-8H,5-6,9-10H2,1-4H3,(H,19,22)(H,20,24)(H,21,23). The fourth-order valence-electron chi connectivity index (χ4n) is 2.35. The van der Waals surface area contributed by atoms with E-state index in [2.05, 4.69) is 16.0 Å². The van der Waals surface area contributed by atoms with E-state index >= 15 is 0 Å².